The van der Waals surface area contributed by atoms with Crippen molar-refractivity contribution in [2.75, 3.05) is 13.2 Å². The first-order valence-corrected chi connectivity index (χ1v) is 16.7. The number of aliphatic hydroxyl groups excluding tert-OH is 1. The summed E-state index contributed by atoms with van der Waals surface area (Å²) in [6.45, 7) is 18.9. The van der Waals surface area contributed by atoms with Crippen molar-refractivity contribution >= 4 is 27.0 Å². The Morgan fingerprint density at radius 2 is 1.25 bits per heavy atom. The lowest BCUT2D eigenvalue weighted by Crippen LogP contribution is -2.68. The standard InChI is InChI=1S/C27H44O3Si2/c1-26(2,3)31(7,8)29-21-15-16-23(22-28)30-32(27(4,5)6,24-17-11-9-12-18-24)25-19-13-10-14-20-25/h9-14,17-20,23,28H,15-16,21-22H2,1-8H3. The average molecular weight is 473 g/mol. The molecule has 0 aliphatic heterocycles. The summed E-state index contributed by atoms with van der Waals surface area (Å²) in [5.41, 5.74) is 0. The molecule has 2 aromatic rings. The highest BCUT2D eigenvalue weighted by atomic mass is 28.4. The largest absolute Gasteiger partial charge is 0.417 e. The molecule has 0 radical (unpaired) electrons. The zero-order valence-electron chi connectivity index (χ0n) is 21.4. The Morgan fingerprint density at radius 3 is 1.62 bits per heavy atom. The second kappa shape index (κ2) is 10.8. The minimum Gasteiger partial charge on any atom is -0.417 e. The first-order valence-electron chi connectivity index (χ1n) is 11.9. The first kappa shape index (κ1) is 27.0. The molecule has 1 unspecified atom stereocenters. The molecule has 2 rings (SSSR count). The Bertz CT molecular complexity index is 769. The van der Waals surface area contributed by atoms with Crippen molar-refractivity contribution in [3.63, 3.8) is 0 Å². The van der Waals surface area contributed by atoms with Crippen LogP contribution in [0.1, 0.15) is 54.4 Å². The Hall–Kier alpha value is -1.25. The highest BCUT2D eigenvalue weighted by molar-refractivity contribution is 6.99. The molecule has 0 aliphatic carbocycles. The molecular formula is C27H44O3Si2. The highest BCUT2D eigenvalue weighted by Crippen LogP contribution is 2.38. The van der Waals surface area contributed by atoms with Gasteiger partial charge in [0.15, 0.2) is 8.32 Å². The molecule has 1 atom stereocenters. The molecule has 0 fully saturated rings. The molecule has 0 spiro atoms. The van der Waals surface area contributed by atoms with Crippen LogP contribution in [0.3, 0.4) is 0 Å². The molecule has 2 aromatic carbocycles. The van der Waals surface area contributed by atoms with E-state index < -0.39 is 16.6 Å². The Balaban J connectivity index is 2.29. The SMILES string of the molecule is CC(C)(C)[Si](C)(C)OCCCC(CO)O[Si](c1ccccc1)(c1ccccc1)C(C)(C)C. The van der Waals surface area contributed by atoms with Crippen LogP contribution in [-0.4, -0.2) is 41.1 Å². The third-order valence-corrected chi connectivity index (χ3v) is 16.5. The van der Waals surface area contributed by atoms with Gasteiger partial charge in [-0.2, -0.15) is 0 Å². The topological polar surface area (TPSA) is 38.7 Å². The van der Waals surface area contributed by atoms with Gasteiger partial charge in [-0.05, 0) is 46.4 Å². The van der Waals surface area contributed by atoms with E-state index in [1.165, 1.54) is 10.4 Å². The van der Waals surface area contributed by atoms with Crippen LogP contribution in [0.25, 0.3) is 0 Å². The van der Waals surface area contributed by atoms with Crippen LogP contribution in [0.4, 0.5) is 0 Å². The fraction of sp³-hybridized carbons (Fsp3) is 0.556. The van der Waals surface area contributed by atoms with Gasteiger partial charge in [0, 0.05) is 6.61 Å². The lowest BCUT2D eigenvalue weighted by Gasteiger charge is -2.45. The molecule has 3 nitrogen and oxygen atoms in total. The Labute approximate surface area is 198 Å². The predicted octanol–water partition coefficient (Wildman–Crippen LogP) is 5.73. The summed E-state index contributed by atoms with van der Waals surface area (Å²) in [6.07, 6.45) is 1.45. The molecule has 0 bridgehead atoms. The van der Waals surface area contributed by atoms with Crippen LogP contribution < -0.4 is 10.4 Å². The number of benzene rings is 2. The van der Waals surface area contributed by atoms with E-state index in [-0.39, 0.29) is 22.8 Å². The van der Waals surface area contributed by atoms with Crippen LogP contribution in [0.15, 0.2) is 60.7 Å². The van der Waals surface area contributed by atoms with E-state index in [4.69, 9.17) is 8.85 Å². The van der Waals surface area contributed by atoms with Gasteiger partial charge in [0.05, 0.1) is 12.7 Å². The van der Waals surface area contributed by atoms with Crippen LogP contribution in [0.2, 0.25) is 23.2 Å². The summed E-state index contributed by atoms with van der Waals surface area (Å²) in [7, 11) is -4.42. The van der Waals surface area contributed by atoms with E-state index in [2.05, 4.69) is 115 Å². The maximum Gasteiger partial charge on any atom is 0.261 e. The van der Waals surface area contributed by atoms with Gasteiger partial charge in [-0.15, -0.1) is 0 Å². The second-order valence-corrected chi connectivity index (χ2v) is 20.4. The summed E-state index contributed by atoms with van der Waals surface area (Å²) in [4.78, 5) is 0. The van der Waals surface area contributed by atoms with E-state index in [0.29, 0.717) is 0 Å². The van der Waals surface area contributed by atoms with Crippen molar-refractivity contribution in [2.45, 2.75) is 83.7 Å². The quantitative estimate of drug-likeness (QED) is 0.355. The molecule has 1 N–H and O–H groups in total. The van der Waals surface area contributed by atoms with Crippen molar-refractivity contribution in [1.82, 2.24) is 0 Å². The van der Waals surface area contributed by atoms with Crippen molar-refractivity contribution < 1.29 is 14.0 Å². The number of hydrogen-bond acceptors (Lipinski definition) is 3. The maximum absolute atomic E-state index is 10.3. The lowest BCUT2D eigenvalue weighted by atomic mass is 10.2. The van der Waals surface area contributed by atoms with E-state index >= 15 is 0 Å². The fourth-order valence-electron chi connectivity index (χ4n) is 3.98. The van der Waals surface area contributed by atoms with Crippen molar-refractivity contribution in [1.29, 1.82) is 0 Å². The van der Waals surface area contributed by atoms with Crippen LogP contribution >= 0.6 is 0 Å². The van der Waals surface area contributed by atoms with Crippen LogP contribution in [0.5, 0.6) is 0 Å². The molecule has 0 heterocycles. The van der Waals surface area contributed by atoms with Gasteiger partial charge in [0.1, 0.15) is 0 Å². The van der Waals surface area contributed by atoms with Gasteiger partial charge >= 0.3 is 0 Å². The van der Waals surface area contributed by atoms with Crippen molar-refractivity contribution in [2.24, 2.45) is 0 Å². The second-order valence-electron chi connectivity index (χ2n) is 11.3. The predicted molar refractivity (Wildman–Crippen MR) is 142 cm³/mol. The van der Waals surface area contributed by atoms with Crippen molar-refractivity contribution in [3.05, 3.63) is 60.7 Å². The Morgan fingerprint density at radius 1 is 0.781 bits per heavy atom. The van der Waals surface area contributed by atoms with Gasteiger partial charge < -0.3 is 14.0 Å². The third-order valence-electron chi connectivity index (χ3n) is 6.90. The van der Waals surface area contributed by atoms with Gasteiger partial charge in [-0.3, -0.25) is 0 Å². The average Bonchev–Trinajstić information content (AvgIpc) is 2.73. The molecular weight excluding hydrogens is 428 g/mol. The molecule has 0 amide bonds. The summed E-state index contributed by atoms with van der Waals surface area (Å²) < 4.78 is 13.4. The van der Waals surface area contributed by atoms with Gasteiger partial charge in [0.2, 0.25) is 0 Å². The summed E-state index contributed by atoms with van der Waals surface area (Å²) in [6, 6.07) is 21.3. The molecule has 0 saturated carbocycles. The van der Waals surface area contributed by atoms with Gasteiger partial charge in [-0.1, -0.05) is 102 Å². The van der Waals surface area contributed by atoms with Crippen molar-refractivity contribution in [3.8, 4) is 0 Å². The smallest absolute Gasteiger partial charge is 0.261 e. The highest BCUT2D eigenvalue weighted by Gasteiger charge is 2.51. The zero-order valence-corrected chi connectivity index (χ0v) is 23.4. The minimum absolute atomic E-state index is 0.0184. The fourth-order valence-corrected chi connectivity index (χ4v) is 9.78. The molecule has 178 valence electrons. The molecule has 5 heteroatoms. The van der Waals surface area contributed by atoms with Gasteiger partial charge in [0.25, 0.3) is 8.32 Å². The number of hydrogen-bond donors (Lipinski definition) is 1. The molecule has 0 saturated heterocycles. The van der Waals surface area contributed by atoms with E-state index in [9.17, 15) is 5.11 Å². The maximum atomic E-state index is 10.3. The normalized spacial score (nSPS) is 14.4. The molecule has 32 heavy (non-hydrogen) atoms. The van der Waals surface area contributed by atoms with Gasteiger partial charge in [-0.25, -0.2) is 0 Å². The van der Waals surface area contributed by atoms with E-state index in [1.807, 2.05) is 0 Å². The van der Waals surface area contributed by atoms with E-state index in [1.54, 1.807) is 0 Å². The minimum atomic E-state index is -2.65. The summed E-state index contributed by atoms with van der Waals surface area (Å²) in [5, 5.41) is 12.9. The van der Waals surface area contributed by atoms with E-state index in [0.717, 1.165) is 19.4 Å². The third kappa shape index (κ3) is 6.20. The molecule has 0 aliphatic rings. The Kier molecular flexibility index (Phi) is 9.10. The summed E-state index contributed by atoms with van der Waals surface area (Å²) >= 11 is 0. The first-order chi connectivity index (χ1) is 14.8. The number of rotatable bonds is 10. The number of aliphatic hydroxyl groups is 1. The summed E-state index contributed by atoms with van der Waals surface area (Å²) in [5.74, 6) is 0. The zero-order chi connectivity index (χ0) is 24.0. The monoisotopic (exact) mass is 472 g/mol. The lowest BCUT2D eigenvalue weighted by molar-refractivity contribution is 0.0934. The van der Waals surface area contributed by atoms with Crippen LogP contribution in [-0.2, 0) is 8.85 Å². The van der Waals surface area contributed by atoms with Crippen LogP contribution in [0, 0.1) is 0 Å². The molecule has 0 aromatic heterocycles.